The molecule has 0 spiro atoms. The van der Waals surface area contributed by atoms with Crippen molar-refractivity contribution in [3.8, 4) is 5.75 Å². The average Bonchev–Trinajstić information content (AvgIpc) is 2.71. The zero-order valence-corrected chi connectivity index (χ0v) is 15.2. The van der Waals surface area contributed by atoms with Gasteiger partial charge >= 0.3 is 0 Å². The normalized spacial score (nSPS) is 10.3. The fourth-order valence-corrected chi connectivity index (χ4v) is 2.60. The number of aromatic nitrogens is 2. The summed E-state index contributed by atoms with van der Waals surface area (Å²) in [6.07, 6.45) is 2.25. The van der Waals surface area contributed by atoms with Gasteiger partial charge in [0.2, 0.25) is 0 Å². The van der Waals surface area contributed by atoms with E-state index in [1.807, 2.05) is 43.3 Å². The van der Waals surface area contributed by atoms with Crippen molar-refractivity contribution in [1.82, 2.24) is 9.97 Å². The summed E-state index contributed by atoms with van der Waals surface area (Å²) in [7, 11) is 0. The highest BCUT2D eigenvalue weighted by atomic mass is 16.5. The Balaban J connectivity index is 1.62. The largest absolute Gasteiger partial charge is 0.492 e. The predicted octanol–water partition coefficient (Wildman–Crippen LogP) is 3.78. The van der Waals surface area contributed by atoms with Gasteiger partial charge in [0.05, 0.1) is 12.3 Å². The lowest BCUT2D eigenvalue weighted by atomic mass is 10.1. The van der Waals surface area contributed by atoms with Crippen molar-refractivity contribution in [2.45, 2.75) is 13.3 Å². The van der Waals surface area contributed by atoms with E-state index in [1.165, 1.54) is 11.9 Å². The topological polar surface area (TPSA) is 76.1 Å². The predicted molar refractivity (Wildman–Crippen MR) is 106 cm³/mol. The molecule has 0 saturated carbocycles. The molecule has 0 aliphatic heterocycles. The summed E-state index contributed by atoms with van der Waals surface area (Å²) in [5, 5.41) is 6.07. The van der Waals surface area contributed by atoms with Crippen LogP contribution in [0.25, 0.3) is 0 Å². The van der Waals surface area contributed by atoms with Crippen LogP contribution in [-0.4, -0.2) is 29.0 Å². The van der Waals surface area contributed by atoms with E-state index in [0.29, 0.717) is 29.6 Å². The molecule has 0 unspecified atom stereocenters. The highest BCUT2D eigenvalue weighted by Gasteiger charge is 2.12. The first-order valence-electron chi connectivity index (χ1n) is 8.89. The third-order valence-corrected chi connectivity index (χ3v) is 3.90. The van der Waals surface area contributed by atoms with Crippen LogP contribution in [0, 0.1) is 0 Å². The van der Waals surface area contributed by atoms with Gasteiger partial charge in [0.25, 0.3) is 5.91 Å². The van der Waals surface area contributed by atoms with Crippen LogP contribution in [0.4, 0.5) is 11.5 Å². The van der Waals surface area contributed by atoms with Gasteiger partial charge in [0.1, 0.15) is 23.6 Å². The van der Waals surface area contributed by atoms with Gasteiger partial charge in [0, 0.05) is 12.6 Å². The van der Waals surface area contributed by atoms with Gasteiger partial charge in [0.15, 0.2) is 0 Å². The number of hydrogen-bond donors (Lipinski definition) is 2. The number of carbonyl (C=O) groups excluding carboxylic acids is 1. The van der Waals surface area contributed by atoms with Crippen molar-refractivity contribution in [2.75, 3.05) is 23.8 Å². The zero-order chi connectivity index (χ0) is 18.9. The summed E-state index contributed by atoms with van der Waals surface area (Å²) >= 11 is 0. The third-order valence-electron chi connectivity index (χ3n) is 3.90. The molecule has 1 aromatic heterocycles. The number of anilines is 2. The average molecular weight is 362 g/mol. The highest BCUT2D eigenvalue weighted by molar-refractivity contribution is 6.04. The Morgan fingerprint density at radius 3 is 2.63 bits per heavy atom. The Kier molecular flexibility index (Phi) is 6.35. The van der Waals surface area contributed by atoms with Gasteiger partial charge in [-0.05, 0) is 31.0 Å². The fourth-order valence-electron chi connectivity index (χ4n) is 2.60. The number of nitrogens with zero attached hydrogens (tertiary/aromatic N) is 2. The van der Waals surface area contributed by atoms with Crippen molar-refractivity contribution in [3.63, 3.8) is 0 Å². The maximum absolute atomic E-state index is 12.5. The number of rotatable bonds is 8. The Hall–Kier alpha value is -3.41. The number of hydrogen-bond acceptors (Lipinski definition) is 5. The molecule has 0 saturated heterocycles. The lowest BCUT2D eigenvalue weighted by Crippen LogP contribution is -2.16. The molecule has 6 nitrogen and oxygen atoms in total. The van der Waals surface area contributed by atoms with Crippen LogP contribution in [0.3, 0.4) is 0 Å². The van der Waals surface area contributed by atoms with E-state index in [0.717, 1.165) is 13.0 Å². The second-order valence-electron chi connectivity index (χ2n) is 5.83. The Labute approximate surface area is 158 Å². The van der Waals surface area contributed by atoms with Crippen molar-refractivity contribution < 1.29 is 9.53 Å². The number of ether oxygens (including phenoxy) is 1. The molecule has 0 fully saturated rings. The maximum atomic E-state index is 12.5. The quantitative estimate of drug-likeness (QED) is 0.638. The summed E-state index contributed by atoms with van der Waals surface area (Å²) in [5.41, 5.74) is 2.14. The first-order valence-corrected chi connectivity index (χ1v) is 8.89. The minimum atomic E-state index is -0.310. The van der Waals surface area contributed by atoms with Gasteiger partial charge in [-0.2, -0.15) is 0 Å². The van der Waals surface area contributed by atoms with Crippen LogP contribution in [-0.2, 0) is 6.42 Å². The molecule has 2 N–H and O–H groups in total. The number of nitrogens with one attached hydrogen (secondary N) is 2. The maximum Gasteiger partial charge on any atom is 0.274 e. The summed E-state index contributed by atoms with van der Waals surface area (Å²) < 4.78 is 5.53. The van der Waals surface area contributed by atoms with Gasteiger partial charge in [-0.25, -0.2) is 9.97 Å². The fraction of sp³-hybridized carbons (Fsp3) is 0.190. The van der Waals surface area contributed by atoms with Gasteiger partial charge in [-0.15, -0.1) is 0 Å². The molecule has 3 aromatic rings. The van der Waals surface area contributed by atoms with Gasteiger partial charge in [-0.1, -0.05) is 42.5 Å². The van der Waals surface area contributed by atoms with E-state index in [1.54, 1.807) is 12.1 Å². The molecule has 2 aromatic carbocycles. The summed E-state index contributed by atoms with van der Waals surface area (Å²) in [6.45, 7) is 3.14. The minimum Gasteiger partial charge on any atom is -0.492 e. The van der Waals surface area contributed by atoms with Crippen LogP contribution < -0.4 is 15.4 Å². The molecule has 0 aliphatic rings. The number of amides is 1. The van der Waals surface area contributed by atoms with Crippen molar-refractivity contribution in [3.05, 3.63) is 78.2 Å². The highest BCUT2D eigenvalue weighted by Crippen LogP contribution is 2.24. The molecular formula is C21H22N4O2. The van der Waals surface area contributed by atoms with E-state index < -0.39 is 0 Å². The number of carbonyl (C=O) groups is 1. The molecule has 138 valence electrons. The van der Waals surface area contributed by atoms with Gasteiger partial charge in [-0.3, -0.25) is 4.79 Å². The lowest BCUT2D eigenvalue weighted by molar-refractivity contribution is 0.102. The third kappa shape index (κ3) is 5.28. The summed E-state index contributed by atoms with van der Waals surface area (Å²) in [6, 6.07) is 19.1. The molecule has 1 amide bonds. The van der Waals surface area contributed by atoms with Crippen LogP contribution in [0.1, 0.15) is 23.0 Å². The van der Waals surface area contributed by atoms with Gasteiger partial charge < -0.3 is 15.4 Å². The second kappa shape index (κ2) is 9.33. The minimum absolute atomic E-state index is 0.290. The first-order chi connectivity index (χ1) is 13.3. The van der Waals surface area contributed by atoms with Crippen molar-refractivity contribution in [1.29, 1.82) is 0 Å². The standard InChI is InChI=1S/C21H22N4O2/c1-2-27-19-11-7-6-10-17(19)25-21(26)18-14-20(24-15-23-18)22-13-12-16-8-4-3-5-9-16/h3-11,14-15H,2,12-13H2,1H3,(H,25,26)(H,22,23,24). The molecule has 0 bridgehead atoms. The van der Waals surface area contributed by atoms with E-state index >= 15 is 0 Å². The Bertz CT molecular complexity index is 884. The molecule has 1 heterocycles. The van der Waals surface area contributed by atoms with E-state index in [4.69, 9.17) is 4.74 Å². The summed E-state index contributed by atoms with van der Waals surface area (Å²) in [5.74, 6) is 0.934. The lowest BCUT2D eigenvalue weighted by Gasteiger charge is -2.11. The molecule has 6 heteroatoms. The Morgan fingerprint density at radius 2 is 1.81 bits per heavy atom. The Morgan fingerprint density at radius 1 is 1.04 bits per heavy atom. The first kappa shape index (κ1) is 18.4. The van der Waals surface area contributed by atoms with Crippen molar-refractivity contribution >= 4 is 17.4 Å². The molecule has 0 aliphatic carbocycles. The van der Waals surface area contributed by atoms with Crippen molar-refractivity contribution in [2.24, 2.45) is 0 Å². The molecule has 0 atom stereocenters. The van der Waals surface area contributed by atoms with E-state index in [-0.39, 0.29) is 5.91 Å². The molecule has 0 radical (unpaired) electrons. The van der Waals surface area contributed by atoms with E-state index in [9.17, 15) is 4.79 Å². The zero-order valence-electron chi connectivity index (χ0n) is 15.2. The number of benzene rings is 2. The van der Waals surface area contributed by atoms with E-state index in [2.05, 4.69) is 32.7 Å². The monoisotopic (exact) mass is 362 g/mol. The molecule has 27 heavy (non-hydrogen) atoms. The number of para-hydroxylation sites is 2. The van der Waals surface area contributed by atoms with Crippen LogP contribution >= 0.6 is 0 Å². The molecular weight excluding hydrogens is 340 g/mol. The summed E-state index contributed by atoms with van der Waals surface area (Å²) in [4.78, 5) is 20.8. The molecule has 3 rings (SSSR count). The van der Waals surface area contributed by atoms with Crippen LogP contribution in [0.5, 0.6) is 5.75 Å². The second-order valence-corrected chi connectivity index (χ2v) is 5.83. The van der Waals surface area contributed by atoms with Crippen LogP contribution in [0.2, 0.25) is 0 Å². The SMILES string of the molecule is CCOc1ccccc1NC(=O)c1cc(NCCc2ccccc2)ncn1. The van der Waals surface area contributed by atoms with Crippen LogP contribution in [0.15, 0.2) is 67.0 Å². The smallest absolute Gasteiger partial charge is 0.274 e.